The monoisotopic (exact) mass is 237 g/mol. The summed E-state index contributed by atoms with van der Waals surface area (Å²) in [4.78, 5) is 21.3. The van der Waals surface area contributed by atoms with Crippen LogP contribution < -0.4 is 5.32 Å². The molecule has 0 saturated carbocycles. The number of carbonyl (C=O) groups is 2. The van der Waals surface area contributed by atoms with Gasteiger partial charge in [0.05, 0.1) is 6.61 Å². The van der Waals surface area contributed by atoms with Crippen molar-refractivity contribution in [2.75, 3.05) is 6.61 Å². The lowest BCUT2D eigenvalue weighted by molar-refractivity contribution is -0.151. The second kappa shape index (κ2) is 6.38. The first-order valence-corrected chi connectivity index (χ1v) is 4.46. The molecule has 4 atom stereocenters. The molecule has 0 radical (unpaired) electrons. The summed E-state index contributed by atoms with van der Waals surface area (Å²) in [7, 11) is 0. The molecule has 8 heteroatoms. The Labute approximate surface area is 91.1 Å². The van der Waals surface area contributed by atoms with Crippen molar-refractivity contribution in [3.05, 3.63) is 0 Å². The highest BCUT2D eigenvalue weighted by Gasteiger charge is 2.35. The van der Waals surface area contributed by atoms with Gasteiger partial charge in [-0.25, -0.2) is 4.79 Å². The van der Waals surface area contributed by atoms with Crippen molar-refractivity contribution in [1.29, 1.82) is 0 Å². The number of amides is 1. The van der Waals surface area contributed by atoms with Gasteiger partial charge in [-0.15, -0.1) is 0 Å². The number of nitrogens with one attached hydrogen (secondary N) is 1. The largest absolute Gasteiger partial charge is 0.480 e. The maximum Gasteiger partial charge on any atom is 0.329 e. The van der Waals surface area contributed by atoms with E-state index in [1.54, 1.807) is 0 Å². The molecular formula is C8H15NO7. The molecule has 0 aliphatic rings. The van der Waals surface area contributed by atoms with Gasteiger partial charge in [0.15, 0.2) is 6.04 Å². The van der Waals surface area contributed by atoms with Gasteiger partial charge in [0, 0.05) is 6.92 Å². The number of carboxylic acids is 1. The minimum absolute atomic E-state index is 0.711. The van der Waals surface area contributed by atoms with Crippen LogP contribution in [0.15, 0.2) is 0 Å². The Kier molecular flexibility index (Phi) is 5.89. The van der Waals surface area contributed by atoms with Crippen LogP contribution in [0.3, 0.4) is 0 Å². The zero-order valence-electron chi connectivity index (χ0n) is 8.57. The van der Waals surface area contributed by atoms with Gasteiger partial charge < -0.3 is 30.8 Å². The van der Waals surface area contributed by atoms with E-state index in [4.69, 9.17) is 15.3 Å². The molecule has 0 spiro atoms. The number of aliphatic carboxylic acids is 1. The molecule has 0 aliphatic carbocycles. The molecule has 0 aromatic heterocycles. The lowest BCUT2D eigenvalue weighted by atomic mass is 10.0. The van der Waals surface area contributed by atoms with Gasteiger partial charge in [0.1, 0.15) is 18.3 Å². The van der Waals surface area contributed by atoms with Crippen LogP contribution in [-0.4, -0.2) is 68.4 Å². The van der Waals surface area contributed by atoms with E-state index in [1.165, 1.54) is 0 Å². The molecule has 8 nitrogen and oxygen atoms in total. The summed E-state index contributed by atoms with van der Waals surface area (Å²) in [6.07, 6.45) is -5.49. The van der Waals surface area contributed by atoms with Crippen LogP contribution in [0.25, 0.3) is 0 Å². The molecule has 0 aromatic rings. The molecule has 0 heterocycles. The average Bonchev–Trinajstić information content (AvgIpc) is 2.22. The fourth-order valence-corrected chi connectivity index (χ4v) is 1.04. The van der Waals surface area contributed by atoms with Crippen molar-refractivity contribution in [2.45, 2.75) is 31.3 Å². The third-order valence-corrected chi connectivity index (χ3v) is 1.90. The van der Waals surface area contributed by atoms with Crippen molar-refractivity contribution in [2.24, 2.45) is 0 Å². The molecule has 0 aromatic carbocycles. The Bertz CT molecular complexity index is 257. The maximum absolute atomic E-state index is 10.7. The van der Waals surface area contributed by atoms with E-state index < -0.39 is 42.8 Å². The Hall–Kier alpha value is -1.22. The number of aliphatic hydroxyl groups excluding tert-OH is 4. The van der Waals surface area contributed by atoms with Gasteiger partial charge in [-0.3, -0.25) is 4.79 Å². The standard InChI is InChI=1S/C8H15NO7/c1-3(11)9-5(8(15)16)7(14)6(13)4(12)2-10/h4-7,10,12-14H,2H2,1H3,(H,9,11)(H,15,16)/t4-,5+,6-,7-/m1/s1. The second-order valence-electron chi connectivity index (χ2n) is 3.25. The Balaban J connectivity index is 4.66. The van der Waals surface area contributed by atoms with Crippen LogP contribution >= 0.6 is 0 Å². The van der Waals surface area contributed by atoms with E-state index in [-0.39, 0.29) is 0 Å². The molecule has 16 heavy (non-hydrogen) atoms. The number of carbonyl (C=O) groups excluding carboxylic acids is 1. The number of aliphatic hydroxyl groups is 4. The van der Waals surface area contributed by atoms with E-state index in [0.717, 1.165) is 6.92 Å². The molecule has 0 bridgehead atoms. The van der Waals surface area contributed by atoms with Crippen LogP contribution in [0, 0.1) is 0 Å². The fraction of sp³-hybridized carbons (Fsp3) is 0.750. The normalized spacial score (nSPS) is 18.3. The number of hydrogen-bond acceptors (Lipinski definition) is 6. The quantitative estimate of drug-likeness (QED) is 0.283. The fourth-order valence-electron chi connectivity index (χ4n) is 1.04. The molecule has 0 saturated heterocycles. The molecule has 6 N–H and O–H groups in total. The Morgan fingerprint density at radius 2 is 1.69 bits per heavy atom. The number of rotatable bonds is 6. The van der Waals surface area contributed by atoms with Gasteiger partial charge >= 0.3 is 5.97 Å². The maximum atomic E-state index is 10.7. The minimum atomic E-state index is -1.93. The number of carboxylic acid groups (broad SMARTS) is 1. The minimum Gasteiger partial charge on any atom is -0.480 e. The van der Waals surface area contributed by atoms with E-state index in [1.807, 2.05) is 5.32 Å². The lowest BCUT2D eigenvalue weighted by Crippen LogP contribution is -2.55. The van der Waals surface area contributed by atoms with E-state index >= 15 is 0 Å². The SMILES string of the molecule is CC(=O)N[C@H](C(=O)O)[C@@H](O)[C@H](O)[C@H](O)CO. The van der Waals surface area contributed by atoms with Gasteiger partial charge in [0.25, 0.3) is 0 Å². The highest BCUT2D eigenvalue weighted by atomic mass is 16.4. The van der Waals surface area contributed by atoms with Crippen molar-refractivity contribution >= 4 is 11.9 Å². The first kappa shape index (κ1) is 14.8. The number of hydrogen-bond donors (Lipinski definition) is 6. The van der Waals surface area contributed by atoms with Crippen molar-refractivity contribution in [3.8, 4) is 0 Å². The summed E-state index contributed by atoms with van der Waals surface area (Å²) in [6.45, 7) is 0.197. The van der Waals surface area contributed by atoms with Crippen molar-refractivity contribution in [3.63, 3.8) is 0 Å². The zero-order valence-corrected chi connectivity index (χ0v) is 8.57. The van der Waals surface area contributed by atoms with Gasteiger partial charge in [-0.1, -0.05) is 0 Å². The molecule has 0 rings (SSSR count). The highest BCUT2D eigenvalue weighted by molar-refractivity contribution is 5.82. The van der Waals surface area contributed by atoms with Crippen LogP contribution in [0.5, 0.6) is 0 Å². The van der Waals surface area contributed by atoms with Crippen LogP contribution in [0.1, 0.15) is 6.92 Å². The Morgan fingerprint density at radius 3 is 2.00 bits per heavy atom. The predicted molar refractivity (Wildman–Crippen MR) is 50.3 cm³/mol. The summed E-state index contributed by atoms with van der Waals surface area (Å²) < 4.78 is 0. The summed E-state index contributed by atoms with van der Waals surface area (Å²) in [5.41, 5.74) is 0. The Morgan fingerprint density at radius 1 is 1.19 bits per heavy atom. The molecule has 0 unspecified atom stereocenters. The van der Waals surface area contributed by atoms with Crippen LogP contribution in [0.4, 0.5) is 0 Å². The third-order valence-electron chi connectivity index (χ3n) is 1.90. The first-order chi connectivity index (χ1) is 7.31. The summed E-state index contributed by atoms with van der Waals surface area (Å²) in [6, 6.07) is -1.76. The van der Waals surface area contributed by atoms with E-state index in [9.17, 15) is 19.8 Å². The third kappa shape index (κ3) is 4.11. The molecule has 0 aliphatic heterocycles. The molecule has 94 valence electrons. The topological polar surface area (TPSA) is 147 Å². The van der Waals surface area contributed by atoms with Gasteiger partial charge in [-0.05, 0) is 0 Å². The second-order valence-corrected chi connectivity index (χ2v) is 3.25. The summed E-state index contributed by atoms with van der Waals surface area (Å²) in [5.74, 6) is -2.27. The lowest BCUT2D eigenvalue weighted by Gasteiger charge is -2.26. The van der Waals surface area contributed by atoms with Crippen LogP contribution in [0.2, 0.25) is 0 Å². The van der Waals surface area contributed by atoms with E-state index in [2.05, 4.69) is 0 Å². The van der Waals surface area contributed by atoms with Crippen LogP contribution in [-0.2, 0) is 9.59 Å². The van der Waals surface area contributed by atoms with E-state index in [0.29, 0.717) is 0 Å². The first-order valence-electron chi connectivity index (χ1n) is 4.46. The average molecular weight is 237 g/mol. The van der Waals surface area contributed by atoms with Gasteiger partial charge in [-0.2, -0.15) is 0 Å². The predicted octanol–water partition coefficient (Wildman–Crippen LogP) is -3.35. The smallest absolute Gasteiger partial charge is 0.329 e. The van der Waals surface area contributed by atoms with Gasteiger partial charge in [0.2, 0.25) is 5.91 Å². The highest BCUT2D eigenvalue weighted by Crippen LogP contribution is 2.05. The van der Waals surface area contributed by atoms with Crippen molar-refractivity contribution < 1.29 is 35.1 Å². The molecule has 1 amide bonds. The zero-order chi connectivity index (χ0) is 12.9. The summed E-state index contributed by atoms with van der Waals surface area (Å²) in [5, 5.41) is 46.7. The molecular weight excluding hydrogens is 222 g/mol. The molecule has 0 fully saturated rings. The summed E-state index contributed by atoms with van der Waals surface area (Å²) >= 11 is 0. The van der Waals surface area contributed by atoms with Crippen molar-refractivity contribution in [1.82, 2.24) is 5.32 Å².